The number of benzene rings is 1. The van der Waals surface area contributed by atoms with Gasteiger partial charge >= 0.3 is 0 Å². The Balaban J connectivity index is 1.75. The normalized spacial score (nSPS) is 14.8. The summed E-state index contributed by atoms with van der Waals surface area (Å²) in [5.41, 5.74) is 2.46. The molecule has 1 atom stereocenters. The molecule has 1 aromatic carbocycles. The Morgan fingerprint density at radius 3 is 2.92 bits per heavy atom. The molecule has 5 nitrogen and oxygen atoms in total. The van der Waals surface area contributed by atoms with Crippen LogP contribution in [-0.4, -0.2) is 22.3 Å². The molecule has 132 valence electrons. The van der Waals surface area contributed by atoms with Crippen LogP contribution in [0.1, 0.15) is 48.7 Å². The first-order chi connectivity index (χ1) is 12.0. The van der Waals surface area contributed by atoms with Crippen molar-refractivity contribution < 1.29 is 9.53 Å². The summed E-state index contributed by atoms with van der Waals surface area (Å²) in [4.78, 5) is 12.7. The summed E-state index contributed by atoms with van der Waals surface area (Å²) in [6.07, 6.45) is 4.27. The summed E-state index contributed by atoms with van der Waals surface area (Å²) < 4.78 is 7.56. The van der Waals surface area contributed by atoms with Crippen molar-refractivity contribution in [2.75, 3.05) is 11.9 Å². The van der Waals surface area contributed by atoms with Gasteiger partial charge in [0.15, 0.2) is 0 Å². The van der Waals surface area contributed by atoms with Gasteiger partial charge in [0.2, 0.25) is 0 Å². The van der Waals surface area contributed by atoms with E-state index in [9.17, 15) is 4.79 Å². The predicted octanol–water partition coefficient (Wildman–Crippen LogP) is 4.37. The molecule has 0 unspecified atom stereocenters. The Morgan fingerprint density at radius 2 is 2.24 bits per heavy atom. The van der Waals surface area contributed by atoms with E-state index in [1.165, 1.54) is 12.8 Å². The quantitative estimate of drug-likeness (QED) is 0.762. The van der Waals surface area contributed by atoms with Gasteiger partial charge in [-0.15, -0.1) is 0 Å². The first kappa shape index (κ1) is 17.3. The maximum Gasteiger partial charge on any atom is 0.256 e. The monoisotopic (exact) mass is 339 g/mol. The molecule has 25 heavy (non-hydrogen) atoms. The molecular formula is C20H25N3O2. The number of hydrogen-bond donors (Lipinski definition) is 1. The van der Waals surface area contributed by atoms with Crippen LogP contribution in [0.2, 0.25) is 0 Å². The largest absolute Gasteiger partial charge is 0.489 e. The van der Waals surface area contributed by atoms with Gasteiger partial charge in [0, 0.05) is 11.1 Å². The SMILES string of the molecule is C=C(C)COc1cccc(C(=O)Nc2c(C)cnn2[C@@H](C)C2CC2)c1. The van der Waals surface area contributed by atoms with E-state index < -0.39 is 0 Å². The maximum atomic E-state index is 12.7. The number of carbonyl (C=O) groups is 1. The minimum absolute atomic E-state index is 0.159. The fraction of sp³-hybridized carbons (Fsp3) is 0.400. The van der Waals surface area contributed by atoms with Gasteiger partial charge in [-0.2, -0.15) is 5.10 Å². The van der Waals surface area contributed by atoms with Crippen molar-refractivity contribution in [2.45, 2.75) is 39.7 Å². The van der Waals surface area contributed by atoms with Crippen LogP contribution in [0, 0.1) is 12.8 Å². The van der Waals surface area contributed by atoms with Crippen molar-refractivity contribution in [2.24, 2.45) is 5.92 Å². The number of amides is 1. The minimum Gasteiger partial charge on any atom is -0.489 e. The van der Waals surface area contributed by atoms with E-state index in [0.29, 0.717) is 29.9 Å². The summed E-state index contributed by atoms with van der Waals surface area (Å²) in [5, 5.41) is 7.48. The van der Waals surface area contributed by atoms with E-state index in [4.69, 9.17) is 4.74 Å². The molecule has 0 spiro atoms. The molecule has 0 radical (unpaired) electrons. The summed E-state index contributed by atoms with van der Waals surface area (Å²) in [5.74, 6) is 1.94. The lowest BCUT2D eigenvalue weighted by Crippen LogP contribution is -2.19. The highest BCUT2D eigenvalue weighted by molar-refractivity contribution is 6.04. The van der Waals surface area contributed by atoms with Crippen LogP contribution in [-0.2, 0) is 0 Å². The zero-order valence-electron chi connectivity index (χ0n) is 15.1. The summed E-state index contributed by atoms with van der Waals surface area (Å²) in [6.45, 7) is 10.3. The Morgan fingerprint density at radius 1 is 1.48 bits per heavy atom. The fourth-order valence-electron chi connectivity index (χ4n) is 2.80. The molecule has 0 aliphatic heterocycles. The Hall–Kier alpha value is -2.56. The zero-order valence-corrected chi connectivity index (χ0v) is 15.1. The molecule has 1 heterocycles. The molecule has 1 aromatic heterocycles. The number of nitrogens with zero attached hydrogens (tertiary/aromatic N) is 2. The standard InChI is InChI=1S/C20H25N3O2/c1-13(2)12-25-18-7-5-6-17(10-18)20(24)22-19-14(3)11-21-23(19)15(4)16-8-9-16/h5-7,10-11,15-16H,1,8-9,12H2,2-4H3,(H,22,24)/t15-/m0/s1. The number of aryl methyl sites for hydroxylation is 1. The second kappa shape index (κ2) is 7.13. The van der Waals surface area contributed by atoms with Crippen molar-refractivity contribution in [3.63, 3.8) is 0 Å². The third kappa shape index (κ3) is 4.10. The summed E-state index contributed by atoms with van der Waals surface area (Å²) in [6, 6.07) is 7.49. The molecule has 1 fully saturated rings. The Labute approximate surface area is 148 Å². The minimum atomic E-state index is -0.159. The van der Waals surface area contributed by atoms with E-state index in [-0.39, 0.29) is 5.91 Å². The lowest BCUT2D eigenvalue weighted by molar-refractivity contribution is 0.102. The first-order valence-corrected chi connectivity index (χ1v) is 8.68. The lowest BCUT2D eigenvalue weighted by Gasteiger charge is -2.16. The van der Waals surface area contributed by atoms with Crippen LogP contribution in [0.5, 0.6) is 5.75 Å². The van der Waals surface area contributed by atoms with Gasteiger partial charge < -0.3 is 10.1 Å². The van der Waals surface area contributed by atoms with Gasteiger partial charge in [0.1, 0.15) is 18.2 Å². The molecule has 2 aromatic rings. The third-order valence-electron chi connectivity index (χ3n) is 4.48. The summed E-state index contributed by atoms with van der Waals surface area (Å²) in [7, 11) is 0. The second-order valence-electron chi connectivity index (χ2n) is 6.93. The lowest BCUT2D eigenvalue weighted by atomic mass is 10.2. The average Bonchev–Trinajstić information content (AvgIpc) is 3.38. The van der Waals surface area contributed by atoms with Gasteiger partial charge in [-0.3, -0.25) is 4.79 Å². The number of carbonyl (C=O) groups excluding carboxylic acids is 1. The Bertz CT molecular complexity index is 790. The van der Waals surface area contributed by atoms with Crippen molar-refractivity contribution in [3.05, 3.63) is 53.7 Å². The first-order valence-electron chi connectivity index (χ1n) is 8.68. The molecule has 0 bridgehead atoms. The van der Waals surface area contributed by atoms with Gasteiger partial charge in [-0.25, -0.2) is 4.68 Å². The number of rotatable bonds is 7. The molecule has 0 saturated heterocycles. The predicted molar refractivity (Wildman–Crippen MR) is 99.1 cm³/mol. The highest BCUT2D eigenvalue weighted by atomic mass is 16.5. The zero-order chi connectivity index (χ0) is 18.0. The van der Waals surface area contributed by atoms with Crippen molar-refractivity contribution >= 4 is 11.7 Å². The van der Waals surface area contributed by atoms with Crippen LogP contribution < -0.4 is 10.1 Å². The summed E-state index contributed by atoms with van der Waals surface area (Å²) >= 11 is 0. The number of hydrogen-bond acceptors (Lipinski definition) is 3. The van der Waals surface area contributed by atoms with Crippen molar-refractivity contribution in [1.29, 1.82) is 0 Å². The molecule has 5 heteroatoms. The van der Waals surface area contributed by atoms with Crippen LogP contribution in [0.25, 0.3) is 0 Å². The topological polar surface area (TPSA) is 56.1 Å². The highest BCUT2D eigenvalue weighted by Crippen LogP contribution is 2.40. The van der Waals surface area contributed by atoms with Gasteiger partial charge in [0.05, 0.1) is 12.2 Å². The molecule has 1 saturated carbocycles. The Kier molecular flexibility index (Phi) is 4.93. The van der Waals surface area contributed by atoms with E-state index in [2.05, 4.69) is 23.9 Å². The van der Waals surface area contributed by atoms with Crippen molar-refractivity contribution in [1.82, 2.24) is 9.78 Å². The van der Waals surface area contributed by atoms with Gasteiger partial charge in [-0.1, -0.05) is 12.6 Å². The maximum absolute atomic E-state index is 12.7. The highest BCUT2D eigenvalue weighted by Gasteiger charge is 2.31. The van der Waals surface area contributed by atoms with E-state index in [1.54, 1.807) is 18.3 Å². The number of ether oxygens (including phenoxy) is 1. The third-order valence-corrected chi connectivity index (χ3v) is 4.48. The van der Waals surface area contributed by atoms with Crippen molar-refractivity contribution in [3.8, 4) is 5.75 Å². The van der Waals surface area contributed by atoms with E-state index in [1.807, 2.05) is 30.7 Å². The number of nitrogens with one attached hydrogen (secondary N) is 1. The smallest absolute Gasteiger partial charge is 0.256 e. The molecule has 1 aliphatic rings. The van der Waals surface area contributed by atoms with Gasteiger partial charge in [-0.05, 0) is 63.3 Å². The average molecular weight is 339 g/mol. The number of aromatic nitrogens is 2. The molecule has 1 aliphatic carbocycles. The molecule has 1 N–H and O–H groups in total. The fourth-order valence-corrected chi connectivity index (χ4v) is 2.80. The van der Waals surface area contributed by atoms with E-state index >= 15 is 0 Å². The molecule has 1 amide bonds. The number of anilines is 1. The van der Waals surface area contributed by atoms with Crippen LogP contribution in [0.15, 0.2) is 42.6 Å². The van der Waals surface area contributed by atoms with Gasteiger partial charge in [0.25, 0.3) is 5.91 Å². The molecule has 3 rings (SSSR count). The van der Waals surface area contributed by atoms with Crippen LogP contribution in [0.4, 0.5) is 5.82 Å². The van der Waals surface area contributed by atoms with Crippen LogP contribution >= 0.6 is 0 Å². The second-order valence-corrected chi connectivity index (χ2v) is 6.93. The van der Waals surface area contributed by atoms with Crippen LogP contribution in [0.3, 0.4) is 0 Å². The molecular weight excluding hydrogens is 314 g/mol. The van der Waals surface area contributed by atoms with E-state index in [0.717, 1.165) is 17.0 Å².